The molecule has 2 heterocycles. The Bertz CT molecular complexity index is 1200. The largest absolute Gasteiger partial charge is 0.451 e. The Morgan fingerprint density at radius 2 is 1.84 bits per heavy atom. The van der Waals surface area contributed by atoms with E-state index < -0.39 is 26.8 Å². The lowest BCUT2D eigenvalue weighted by Gasteiger charge is -2.20. The minimum absolute atomic E-state index is 0.0810. The molecule has 0 bridgehead atoms. The van der Waals surface area contributed by atoms with Crippen LogP contribution in [0, 0.1) is 0 Å². The first-order valence-corrected chi connectivity index (χ1v) is 13.6. The van der Waals surface area contributed by atoms with E-state index in [1.54, 1.807) is 4.57 Å². The van der Waals surface area contributed by atoms with Crippen LogP contribution in [0.4, 0.5) is 13.2 Å². The van der Waals surface area contributed by atoms with Gasteiger partial charge in [-0.25, -0.2) is 9.78 Å². The summed E-state index contributed by atoms with van der Waals surface area (Å²) < 4.78 is 43.7. The van der Waals surface area contributed by atoms with Crippen LogP contribution in [0.3, 0.4) is 0 Å². The second-order valence-corrected chi connectivity index (χ2v) is 13.7. The molecule has 9 heteroatoms. The van der Waals surface area contributed by atoms with Crippen LogP contribution in [0.2, 0.25) is 19.6 Å². The Balaban J connectivity index is 1.84. The third-order valence-corrected chi connectivity index (χ3v) is 7.28. The Morgan fingerprint density at radius 3 is 2.50 bits per heavy atom. The van der Waals surface area contributed by atoms with Crippen LogP contribution in [-0.4, -0.2) is 42.1 Å². The van der Waals surface area contributed by atoms with Gasteiger partial charge < -0.3 is 4.74 Å². The quantitative estimate of drug-likeness (QED) is 0.429. The summed E-state index contributed by atoms with van der Waals surface area (Å²) in [6.07, 6.45) is -3.17. The molecule has 4 rings (SSSR count). The number of benzene rings is 2. The van der Waals surface area contributed by atoms with E-state index in [0.717, 1.165) is 22.5 Å². The zero-order valence-corrected chi connectivity index (χ0v) is 18.9. The predicted molar refractivity (Wildman–Crippen MR) is 119 cm³/mol. The van der Waals surface area contributed by atoms with Crippen molar-refractivity contribution in [2.75, 3.05) is 6.61 Å². The number of aliphatic imine (C=N–C) groups is 1. The van der Waals surface area contributed by atoms with Crippen molar-refractivity contribution < 1.29 is 22.7 Å². The highest BCUT2D eigenvalue weighted by molar-refractivity contribution is 6.88. The number of ether oxygens (including phenoxy) is 1. The summed E-state index contributed by atoms with van der Waals surface area (Å²) in [7, 11) is -1.63. The van der Waals surface area contributed by atoms with Crippen LogP contribution in [-0.2, 0) is 11.3 Å². The predicted octanol–water partition coefficient (Wildman–Crippen LogP) is 4.49. The number of carbonyl (C=O) groups excluding carboxylic acids is 1. The van der Waals surface area contributed by atoms with E-state index in [0.29, 0.717) is 5.69 Å². The first-order chi connectivity index (χ1) is 15.0. The molecule has 166 valence electrons. The molecule has 5 nitrogen and oxygen atoms in total. The normalized spacial score (nSPS) is 13.6. The molecule has 0 saturated carbocycles. The maximum atomic E-state index is 12.5. The maximum absolute atomic E-state index is 12.5. The Morgan fingerprint density at radius 1 is 1.12 bits per heavy atom. The average Bonchev–Trinajstić information content (AvgIpc) is 3.08. The van der Waals surface area contributed by atoms with Crippen molar-refractivity contribution in [3.8, 4) is 5.69 Å². The van der Waals surface area contributed by atoms with Gasteiger partial charge in [0.2, 0.25) is 0 Å². The topological polar surface area (TPSA) is 56.5 Å². The maximum Gasteiger partial charge on any atom is 0.422 e. The van der Waals surface area contributed by atoms with Crippen LogP contribution < -0.4 is 5.19 Å². The molecule has 2 aromatic carbocycles. The second-order valence-electron chi connectivity index (χ2n) is 8.61. The molecule has 0 aliphatic carbocycles. The van der Waals surface area contributed by atoms with E-state index in [1.807, 2.05) is 36.4 Å². The van der Waals surface area contributed by atoms with E-state index in [2.05, 4.69) is 41.5 Å². The zero-order valence-electron chi connectivity index (χ0n) is 17.9. The van der Waals surface area contributed by atoms with Gasteiger partial charge in [-0.15, -0.1) is 0 Å². The summed E-state index contributed by atoms with van der Waals surface area (Å²) >= 11 is 0. The van der Waals surface area contributed by atoms with Gasteiger partial charge in [0.15, 0.2) is 12.3 Å². The summed E-state index contributed by atoms with van der Waals surface area (Å²) in [5.41, 5.74) is 3.57. The molecule has 0 amide bonds. The highest BCUT2D eigenvalue weighted by Gasteiger charge is 2.32. The first-order valence-electron chi connectivity index (χ1n) is 10.1. The van der Waals surface area contributed by atoms with Crippen molar-refractivity contribution in [1.82, 2.24) is 9.55 Å². The van der Waals surface area contributed by atoms with Crippen LogP contribution >= 0.6 is 0 Å². The summed E-state index contributed by atoms with van der Waals surface area (Å²) in [5, 5.41) is 1.24. The number of aromatic nitrogens is 2. The van der Waals surface area contributed by atoms with Crippen LogP contribution in [0.5, 0.6) is 0 Å². The number of imidazole rings is 1. The van der Waals surface area contributed by atoms with Crippen LogP contribution in [0.15, 0.2) is 59.9 Å². The Labute approximate surface area is 184 Å². The number of hydrogen-bond acceptors (Lipinski definition) is 4. The smallest absolute Gasteiger partial charge is 0.422 e. The SMILES string of the molecule is C[Si](C)(C)c1ccc2c(c1)C(c1ccccc1)=NCc1c(C(=O)OCC(F)(F)F)ncn1-2. The molecule has 0 radical (unpaired) electrons. The minimum Gasteiger partial charge on any atom is -0.451 e. The molecule has 1 aromatic heterocycles. The van der Waals surface area contributed by atoms with E-state index in [4.69, 9.17) is 4.99 Å². The molecule has 1 aliphatic heterocycles. The zero-order chi connectivity index (χ0) is 23.1. The molecular weight excluding hydrogens is 435 g/mol. The fourth-order valence-corrected chi connectivity index (χ4v) is 4.76. The van der Waals surface area contributed by atoms with Gasteiger partial charge in [0.25, 0.3) is 0 Å². The lowest BCUT2D eigenvalue weighted by molar-refractivity contribution is -0.161. The van der Waals surface area contributed by atoms with Gasteiger partial charge >= 0.3 is 12.1 Å². The molecular formula is C23H22F3N3O2Si. The molecule has 0 N–H and O–H groups in total. The lowest BCUT2D eigenvalue weighted by atomic mass is 10.0. The second kappa shape index (κ2) is 8.05. The number of fused-ring (bicyclic) bond motifs is 3. The number of alkyl halides is 3. The molecule has 0 atom stereocenters. The minimum atomic E-state index is -4.61. The van der Waals surface area contributed by atoms with Crippen molar-refractivity contribution in [1.29, 1.82) is 0 Å². The lowest BCUT2D eigenvalue weighted by Crippen LogP contribution is -2.38. The van der Waals surface area contributed by atoms with Gasteiger partial charge in [-0.05, 0) is 6.07 Å². The van der Waals surface area contributed by atoms with Gasteiger partial charge in [0.1, 0.15) is 6.33 Å². The summed E-state index contributed by atoms with van der Waals surface area (Å²) in [6.45, 7) is 5.18. The fraction of sp³-hybridized carbons (Fsp3) is 0.261. The fourth-order valence-electron chi connectivity index (χ4n) is 3.60. The van der Waals surface area contributed by atoms with Crippen molar-refractivity contribution in [3.05, 3.63) is 77.4 Å². The summed E-state index contributed by atoms with van der Waals surface area (Å²) in [6, 6.07) is 15.8. The van der Waals surface area contributed by atoms with Crippen molar-refractivity contribution >= 4 is 24.9 Å². The third-order valence-electron chi connectivity index (χ3n) is 5.24. The Kier molecular flexibility index (Phi) is 5.54. The highest BCUT2D eigenvalue weighted by atomic mass is 28.3. The van der Waals surface area contributed by atoms with Gasteiger partial charge in [0, 0.05) is 11.1 Å². The summed E-state index contributed by atoms with van der Waals surface area (Å²) in [5.74, 6) is -1.12. The van der Waals surface area contributed by atoms with Gasteiger partial charge in [0.05, 0.1) is 31.7 Å². The third kappa shape index (κ3) is 4.38. The Hall–Kier alpha value is -3.20. The standard InChI is InChI=1S/C23H22F3N3O2Si/c1-32(2,3)16-9-10-18-17(11-16)20(15-7-5-4-6-8-15)27-12-19-21(28-14-29(18)19)22(30)31-13-23(24,25)26/h4-11,14H,12-13H2,1-3H3. The van der Waals surface area contributed by atoms with Gasteiger partial charge in [-0.3, -0.25) is 9.56 Å². The highest BCUT2D eigenvalue weighted by Crippen LogP contribution is 2.27. The molecule has 3 aromatic rings. The van der Waals surface area contributed by atoms with Crippen molar-refractivity contribution in [2.24, 2.45) is 4.99 Å². The van der Waals surface area contributed by atoms with Crippen molar-refractivity contribution in [2.45, 2.75) is 32.4 Å². The van der Waals surface area contributed by atoms with E-state index >= 15 is 0 Å². The van der Waals surface area contributed by atoms with Crippen LogP contribution in [0.25, 0.3) is 5.69 Å². The molecule has 0 unspecified atom stereocenters. The van der Waals surface area contributed by atoms with Gasteiger partial charge in [-0.2, -0.15) is 13.2 Å². The number of esters is 1. The van der Waals surface area contributed by atoms with E-state index in [-0.39, 0.29) is 12.2 Å². The molecule has 0 saturated heterocycles. The molecule has 32 heavy (non-hydrogen) atoms. The number of hydrogen-bond donors (Lipinski definition) is 0. The van der Waals surface area contributed by atoms with E-state index in [1.165, 1.54) is 11.5 Å². The molecule has 1 aliphatic rings. The van der Waals surface area contributed by atoms with Crippen molar-refractivity contribution in [3.63, 3.8) is 0 Å². The van der Waals surface area contributed by atoms with Crippen LogP contribution in [0.1, 0.15) is 27.3 Å². The van der Waals surface area contributed by atoms with E-state index in [9.17, 15) is 18.0 Å². The number of rotatable bonds is 4. The summed E-state index contributed by atoms with van der Waals surface area (Å²) in [4.78, 5) is 21.2. The molecule has 0 spiro atoms. The number of halogens is 3. The number of carbonyl (C=O) groups is 1. The van der Waals surface area contributed by atoms with Gasteiger partial charge in [-0.1, -0.05) is 67.3 Å². The monoisotopic (exact) mass is 457 g/mol. The molecule has 0 fully saturated rings. The first kappa shape index (κ1) is 22.0. The average molecular weight is 458 g/mol. The number of nitrogens with zero attached hydrogens (tertiary/aromatic N) is 3.